The lowest BCUT2D eigenvalue weighted by Crippen LogP contribution is -2.27. The van der Waals surface area contributed by atoms with Crippen molar-refractivity contribution in [3.8, 4) is 5.75 Å². The van der Waals surface area contributed by atoms with Crippen LogP contribution in [0.2, 0.25) is 5.02 Å². The van der Waals surface area contributed by atoms with Crippen molar-refractivity contribution < 1.29 is 27.5 Å². The van der Waals surface area contributed by atoms with Crippen molar-refractivity contribution in [1.82, 2.24) is 5.32 Å². The fraction of sp³-hybridized carbons (Fsp3) is 0.250. The minimum atomic E-state index is -4.51. The lowest BCUT2D eigenvalue weighted by molar-refractivity contribution is -0.153. The van der Waals surface area contributed by atoms with Crippen LogP contribution in [-0.2, 0) is 4.79 Å². The molecule has 1 aromatic heterocycles. The van der Waals surface area contributed by atoms with E-state index in [-0.39, 0.29) is 35.3 Å². The molecule has 0 radical (unpaired) electrons. The van der Waals surface area contributed by atoms with Crippen LogP contribution in [-0.4, -0.2) is 31.1 Å². The Balaban J connectivity index is 1.89. The Morgan fingerprint density at radius 3 is 2.65 bits per heavy atom. The maximum absolute atomic E-state index is 12.3. The molecule has 2 N–H and O–H groups in total. The molecule has 140 valence electrons. The summed E-state index contributed by atoms with van der Waals surface area (Å²) >= 11 is 7.08. The van der Waals surface area contributed by atoms with Crippen LogP contribution in [0.15, 0.2) is 35.7 Å². The van der Waals surface area contributed by atoms with Crippen LogP contribution in [0.4, 0.5) is 18.9 Å². The van der Waals surface area contributed by atoms with E-state index in [0.717, 1.165) is 0 Å². The number of nitrogens with one attached hydrogen (secondary N) is 2. The molecule has 2 aromatic rings. The Bertz CT molecular complexity index is 767. The summed E-state index contributed by atoms with van der Waals surface area (Å²) in [6, 6.07) is 7.26. The van der Waals surface area contributed by atoms with Gasteiger partial charge in [-0.25, -0.2) is 0 Å². The summed E-state index contributed by atoms with van der Waals surface area (Å²) in [6.07, 6.45) is -4.57. The summed E-state index contributed by atoms with van der Waals surface area (Å²) < 4.78 is 41.6. The number of carbonyl (C=O) groups is 2. The number of rotatable bonds is 7. The highest BCUT2D eigenvalue weighted by Crippen LogP contribution is 2.29. The van der Waals surface area contributed by atoms with E-state index in [9.17, 15) is 22.8 Å². The Hall–Kier alpha value is -2.26. The lowest BCUT2D eigenvalue weighted by atomic mass is 10.2. The predicted octanol–water partition coefficient (Wildman–Crippen LogP) is 4.10. The summed E-state index contributed by atoms with van der Waals surface area (Å²) in [5, 5.41) is 6.99. The largest absolute Gasteiger partial charge is 0.482 e. The van der Waals surface area contributed by atoms with E-state index in [2.05, 4.69) is 15.4 Å². The van der Waals surface area contributed by atoms with Crippen LogP contribution in [0, 0.1) is 0 Å². The van der Waals surface area contributed by atoms with Crippen LogP contribution in [0.25, 0.3) is 0 Å². The first-order valence-electron chi connectivity index (χ1n) is 7.35. The van der Waals surface area contributed by atoms with Gasteiger partial charge in [-0.15, -0.1) is 11.3 Å². The molecule has 1 heterocycles. The number of amides is 2. The van der Waals surface area contributed by atoms with Gasteiger partial charge >= 0.3 is 6.18 Å². The van der Waals surface area contributed by atoms with Gasteiger partial charge in [0, 0.05) is 18.0 Å². The third-order valence-corrected chi connectivity index (χ3v) is 4.09. The Kier molecular flexibility index (Phi) is 6.87. The quantitative estimate of drug-likeness (QED) is 0.727. The van der Waals surface area contributed by atoms with Gasteiger partial charge in [0.15, 0.2) is 6.61 Å². The number of thiophene rings is 1. The zero-order valence-electron chi connectivity index (χ0n) is 13.2. The standard InChI is InChI=1S/C16H14ClF3N2O3S/c17-10-3-4-12(25-9-16(18,19)20)11(8-10)22-14(23)5-6-21-15(24)13-2-1-7-26-13/h1-4,7-8H,5-6,9H2,(H,21,24)(H,22,23). The Labute approximate surface area is 156 Å². The van der Waals surface area contributed by atoms with E-state index in [1.165, 1.54) is 29.5 Å². The van der Waals surface area contributed by atoms with Crippen molar-refractivity contribution in [3.05, 3.63) is 45.6 Å². The van der Waals surface area contributed by atoms with Gasteiger partial charge in [0.05, 0.1) is 10.6 Å². The average molecular weight is 407 g/mol. The molecule has 2 amide bonds. The predicted molar refractivity (Wildman–Crippen MR) is 92.9 cm³/mol. The van der Waals surface area contributed by atoms with Gasteiger partial charge in [0.1, 0.15) is 5.75 Å². The molecule has 0 aliphatic rings. The van der Waals surface area contributed by atoms with E-state index < -0.39 is 18.7 Å². The topological polar surface area (TPSA) is 67.4 Å². The highest BCUT2D eigenvalue weighted by Gasteiger charge is 2.29. The molecule has 0 fully saturated rings. The summed E-state index contributed by atoms with van der Waals surface area (Å²) in [7, 11) is 0. The molecule has 0 aliphatic heterocycles. The van der Waals surface area contributed by atoms with Crippen molar-refractivity contribution in [2.24, 2.45) is 0 Å². The van der Waals surface area contributed by atoms with E-state index in [4.69, 9.17) is 11.6 Å². The molecule has 10 heteroatoms. The molecule has 0 saturated heterocycles. The number of hydrogen-bond donors (Lipinski definition) is 2. The molecule has 0 saturated carbocycles. The normalized spacial score (nSPS) is 11.1. The van der Waals surface area contributed by atoms with Crippen LogP contribution >= 0.6 is 22.9 Å². The number of carbonyl (C=O) groups excluding carboxylic acids is 2. The average Bonchev–Trinajstić information content (AvgIpc) is 3.07. The van der Waals surface area contributed by atoms with E-state index in [0.29, 0.717) is 4.88 Å². The van der Waals surface area contributed by atoms with Gasteiger partial charge < -0.3 is 15.4 Å². The smallest absolute Gasteiger partial charge is 0.422 e. The summed E-state index contributed by atoms with van der Waals surface area (Å²) in [4.78, 5) is 24.2. The monoisotopic (exact) mass is 406 g/mol. The Morgan fingerprint density at radius 1 is 1.23 bits per heavy atom. The molecule has 0 spiro atoms. The van der Waals surface area contributed by atoms with Crippen molar-refractivity contribution >= 4 is 40.4 Å². The zero-order chi connectivity index (χ0) is 19.2. The fourth-order valence-electron chi connectivity index (χ4n) is 1.88. The fourth-order valence-corrected chi connectivity index (χ4v) is 2.69. The number of benzene rings is 1. The van der Waals surface area contributed by atoms with E-state index in [1.807, 2.05) is 0 Å². The molecule has 2 rings (SSSR count). The Morgan fingerprint density at radius 2 is 2.00 bits per heavy atom. The summed E-state index contributed by atoms with van der Waals surface area (Å²) in [5.74, 6) is -0.956. The van der Waals surface area contributed by atoms with Crippen LogP contribution in [0.3, 0.4) is 0 Å². The SMILES string of the molecule is O=C(CCNC(=O)c1cccs1)Nc1cc(Cl)ccc1OCC(F)(F)F. The highest BCUT2D eigenvalue weighted by molar-refractivity contribution is 7.12. The van der Waals surface area contributed by atoms with Crippen molar-refractivity contribution in [2.45, 2.75) is 12.6 Å². The number of alkyl halides is 3. The molecule has 0 unspecified atom stereocenters. The minimum absolute atomic E-state index is 0.0244. The van der Waals surface area contributed by atoms with E-state index >= 15 is 0 Å². The maximum atomic E-state index is 12.3. The maximum Gasteiger partial charge on any atom is 0.422 e. The number of ether oxygens (including phenoxy) is 1. The number of halogens is 4. The van der Waals surface area contributed by atoms with Gasteiger partial charge in [-0.3, -0.25) is 9.59 Å². The number of hydrogen-bond acceptors (Lipinski definition) is 4. The molecule has 1 aromatic carbocycles. The van der Waals surface area contributed by atoms with Gasteiger partial charge in [-0.1, -0.05) is 17.7 Å². The first kappa shape index (κ1) is 20.1. The molecule has 0 atom stereocenters. The molecular formula is C16H14ClF3N2O3S. The first-order chi connectivity index (χ1) is 12.2. The zero-order valence-corrected chi connectivity index (χ0v) is 14.8. The van der Waals surface area contributed by atoms with Crippen LogP contribution in [0.1, 0.15) is 16.1 Å². The molecule has 26 heavy (non-hydrogen) atoms. The van der Waals surface area contributed by atoms with Gasteiger partial charge in [0.2, 0.25) is 5.91 Å². The van der Waals surface area contributed by atoms with Crippen LogP contribution in [0.5, 0.6) is 5.75 Å². The van der Waals surface area contributed by atoms with Crippen molar-refractivity contribution in [2.75, 3.05) is 18.5 Å². The second kappa shape index (κ2) is 8.91. The van der Waals surface area contributed by atoms with Crippen molar-refractivity contribution in [3.63, 3.8) is 0 Å². The van der Waals surface area contributed by atoms with Crippen molar-refractivity contribution in [1.29, 1.82) is 0 Å². The third-order valence-electron chi connectivity index (χ3n) is 2.99. The number of anilines is 1. The van der Waals surface area contributed by atoms with Crippen LogP contribution < -0.4 is 15.4 Å². The van der Waals surface area contributed by atoms with E-state index in [1.54, 1.807) is 17.5 Å². The molecule has 0 bridgehead atoms. The third kappa shape index (κ3) is 6.57. The van der Waals surface area contributed by atoms with Gasteiger partial charge in [-0.2, -0.15) is 13.2 Å². The van der Waals surface area contributed by atoms with Gasteiger partial charge in [-0.05, 0) is 29.6 Å². The highest BCUT2D eigenvalue weighted by atomic mass is 35.5. The summed E-state index contributed by atoms with van der Waals surface area (Å²) in [6.45, 7) is -1.42. The molecule has 5 nitrogen and oxygen atoms in total. The molecular weight excluding hydrogens is 393 g/mol. The minimum Gasteiger partial charge on any atom is -0.482 e. The van der Waals surface area contributed by atoms with Gasteiger partial charge in [0.25, 0.3) is 5.91 Å². The lowest BCUT2D eigenvalue weighted by Gasteiger charge is -2.14. The molecule has 0 aliphatic carbocycles. The second-order valence-electron chi connectivity index (χ2n) is 5.08. The summed E-state index contributed by atoms with van der Waals surface area (Å²) in [5.41, 5.74) is 0.0244. The second-order valence-corrected chi connectivity index (χ2v) is 6.46. The first-order valence-corrected chi connectivity index (χ1v) is 8.61.